The third-order valence-corrected chi connectivity index (χ3v) is 7.88. The minimum Gasteiger partial charge on any atom is -0.392 e. The standard InChI is InChI=1S/C30H30FN3O3S/c1-32(30(37)25-7-5-22(19-35)16-26(25)23-11-15-38-20-23)18-21-9-13-33(14-10-21)28-8-6-24(17-27(28)31)34-12-3-2-4-29(34)36/h2-8,11-12,15-17,20-21,35H,9-10,13-14,18-19H2,1H3. The number of hydrogen-bond donors (Lipinski definition) is 1. The fraction of sp³-hybridized carbons (Fsp3) is 0.267. The van der Waals surface area contributed by atoms with Crippen LogP contribution in [0.2, 0.25) is 0 Å². The highest BCUT2D eigenvalue weighted by molar-refractivity contribution is 7.08. The van der Waals surface area contributed by atoms with Gasteiger partial charge in [-0.3, -0.25) is 14.2 Å². The van der Waals surface area contributed by atoms with Gasteiger partial charge in [0.2, 0.25) is 0 Å². The molecule has 5 rings (SSSR count). The number of amides is 1. The van der Waals surface area contributed by atoms with Crippen LogP contribution >= 0.6 is 11.3 Å². The minimum absolute atomic E-state index is 0.0455. The topological polar surface area (TPSA) is 65.8 Å². The van der Waals surface area contributed by atoms with Gasteiger partial charge in [0.05, 0.1) is 18.0 Å². The number of benzene rings is 2. The minimum atomic E-state index is -0.351. The normalized spacial score (nSPS) is 14.0. The van der Waals surface area contributed by atoms with Crippen molar-refractivity contribution in [2.45, 2.75) is 19.4 Å². The van der Waals surface area contributed by atoms with E-state index in [4.69, 9.17) is 0 Å². The number of aliphatic hydroxyl groups is 1. The molecule has 0 saturated carbocycles. The first kappa shape index (κ1) is 25.9. The Morgan fingerprint density at radius 2 is 1.92 bits per heavy atom. The van der Waals surface area contributed by atoms with E-state index in [-0.39, 0.29) is 23.9 Å². The fourth-order valence-electron chi connectivity index (χ4n) is 5.11. The van der Waals surface area contributed by atoms with Crippen LogP contribution in [0.3, 0.4) is 0 Å². The number of aromatic nitrogens is 1. The molecule has 1 aliphatic heterocycles. The number of hydrogen-bond acceptors (Lipinski definition) is 5. The number of aliphatic hydroxyl groups excluding tert-OH is 1. The van der Waals surface area contributed by atoms with E-state index in [0.29, 0.717) is 42.5 Å². The first-order valence-electron chi connectivity index (χ1n) is 12.7. The number of anilines is 1. The molecule has 6 nitrogen and oxygen atoms in total. The smallest absolute Gasteiger partial charge is 0.255 e. The molecule has 3 heterocycles. The zero-order valence-corrected chi connectivity index (χ0v) is 22.0. The Bertz CT molecular complexity index is 1480. The summed E-state index contributed by atoms with van der Waals surface area (Å²) in [6.45, 7) is 1.93. The summed E-state index contributed by atoms with van der Waals surface area (Å²) in [6.07, 6.45) is 3.32. The van der Waals surface area contributed by atoms with Crippen molar-refractivity contribution >= 4 is 22.9 Å². The maximum absolute atomic E-state index is 15.0. The fourth-order valence-corrected chi connectivity index (χ4v) is 5.76. The number of thiophene rings is 1. The molecular weight excluding hydrogens is 501 g/mol. The lowest BCUT2D eigenvalue weighted by Crippen LogP contribution is -2.40. The third-order valence-electron chi connectivity index (χ3n) is 7.20. The van der Waals surface area contributed by atoms with Gasteiger partial charge in [-0.15, -0.1) is 0 Å². The van der Waals surface area contributed by atoms with Crippen molar-refractivity contribution in [1.29, 1.82) is 0 Å². The van der Waals surface area contributed by atoms with Gasteiger partial charge in [-0.25, -0.2) is 4.39 Å². The van der Waals surface area contributed by atoms with E-state index >= 15 is 4.39 Å². The molecule has 1 aliphatic rings. The number of carbonyl (C=O) groups is 1. The summed E-state index contributed by atoms with van der Waals surface area (Å²) in [7, 11) is 1.83. The molecule has 1 saturated heterocycles. The monoisotopic (exact) mass is 531 g/mol. The van der Waals surface area contributed by atoms with Gasteiger partial charge in [0.1, 0.15) is 5.82 Å². The molecular formula is C30H30FN3O3S. The molecule has 1 fully saturated rings. The highest BCUT2D eigenvalue weighted by Crippen LogP contribution is 2.30. The van der Waals surface area contributed by atoms with Gasteiger partial charge in [0.15, 0.2) is 0 Å². The lowest BCUT2D eigenvalue weighted by Gasteiger charge is -2.35. The summed E-state index contributed by atoms with van der Waals surface area (Å²) in [6, 6.07) is 17.2. The summed E-state index contributed by atoms with van der Waals surface area (Å²) in [5, 5.41) is 13.6. The second-order valence-corrected chi connectivity index (χ2v) is 10.5. The average molecular weight is 532 g/mol. The molecule has 38 heavy (non-hydrogen) atoms. The Labute approximate surface area is 225 Å². The summed E-state index contributed by atoms with van der Waals surface area (Å²) >= 11 is 1.57. The van der Waals surface area contributed by atoms with E-state index in [1.807, 2.05) is 34.8 Å². The van der Waals surface area contributed by atoms with E-state index in [1.165, 1.54) is 16.7 Å². The van der Waals surface area contributed by atoms with E-state index in [1.54, 1.807) is 58.8 Å². The van der Waals surface area contributed by atoms with Gasteiger partial charge >= 0.3 is 0 Å². The lowest BCUT2D eigenvalue weighted by molar-refractivity contribution is 0.0765. The number of carbonyl (C=O) groups excluding carboxylic acids is 1. The second-order valence-electron chi connectivity index (χ2n) is 9.71. The molecule has 2 aromatic carbocycles. The van der Waals surface area contributed by atoms with Gasteiger partial charge in [0.25, 0.3) is 11.5 Å². The van der Waals surface area contributed by atoms with Gasteiger partial charge in [-0.05, 0) is 82.6 Å². The van der Waals surface area contributed by atoms with Gasteiger partial charge in [0, 0.05) is 50.6 Å². The molecule has 4 aromatic rings. The first-order chi connectivity index (χ1) is 18.4. The Morgan fingerprint density at radius 3 is 2.61 bits per heavy atom. The summed E-state index contributed by atoms with van der Waals surface area (Å²) in [5.41, 5.74) is 4.03. The Morgan fingerprint density at radius 1 is 1.11 bits per heavy atom. The predicted molar refractivity (Wildman–Crippen MR) is 150 cm³/mol. The third kappa shape index (κ3) is 5.42. The van der Waals surface area contributed by atoms with Crippen LogP contribution < -0.4 is 10.5 Å². The predicted octanol–water partition coefficient (Wildman–Crippen LogP) is 5.19. The number of rotatable bonds is 7. The van der Waals surface area contributed by atoms with Gasteiger partial charge in [-0.2, -0.15) is 11.3 Å². The Kier molecular flexibility index (Phi) is 7.72. The largest absolute Gasteiger partial charge is 0.392 e. The van der Waals surface area contributed by atoms with E-state index in [9.17, 15) is 14.7 Å². The highest BCUT2D eigenvalue weighted by atomic mass is 32.1. The van der Waals surface area contributed by atoms with Crippen molar-refractivity contribution in [2.75, 3.05) is 31.6 Å². The number of piperidine rings is 1. The SMILES string of the molecule is CN(CC1CCN(c2ccc(-n3ccccc3=O)cc2F)CC1)C(=O)c1ccc(CO)cc1-c1ccsc1. The zero-order chi connectivity index (χ0) is 26.6. The van der Waals surface area contributed by atoms with Gasteiger partial charge in [-0.1, -0.05) is 12.1 Å². The zero-order valence-electron chi connectivity index (χ0n) is 21.2. The molecule has 2 aromatic heterocycles. The molecule has 196 valence electrons. The summed E-state index contributed by atoms with van der Waals surface area (Å²) in [5.74, 6) is -0.0843. The number of pyridine rings is 1. The Balaban J connectivity index is 1.23. The van der Waals surface area contributed by atoms with Crippen molar-refractivity contribution in [2.24, 2.45) is 5.92 Å². The molecule has 8 heteroatoms. The van der Waals surface area contributed by atoms with Crippen molar-refractivity contribution in [3.8, 4) is 16.8 Å². The van der Waals surface area contributed by atoms with E-state index in [2.05, 4.69) is 0 Å². The molecule has 0 atom stereocenters. The maximum atomic E-state index is 15.0. The maximum Gasteiger partial charge on any atom is 0.255 e. The molecule has 0 bridgehead atoms. The van der Waals surface area contributed by atoms with Crippen molar-refractivity contribution in [3.05, 3.63) is 105 Å². The van der Waals surface area contributed by atoms with Crippen molar-refractivity contribution in [3.63, 3.8) is 0 Å². The van der Waals surface area contributed by atoms with Crippen LogP contribution in [-0.4, -0.2) is 47.2 Å². The lowest BCUT2D eigenvalue weighted by atomic mass is 9.94. The number of nitrogens with zero attached hydrogens (tertiary/aromatic N) is 3. The first-order valence-corrected chi connectivity index (χ1v) is 13.6. The molecule has 0 aliphatic carbocycles. The Hall–Kier alpha value is -3.75. The summed E-state index contributed by atoms with van der Waals surface area (Å²) in [4.78, 5) is 29.3. The van der Waals surface area contributed by atoms with Crippen LogP contribution in [0.15, 0.2) is 82.4 Å². The van der Waals surface area contributed by atoms with Crippen LogP contribution in [0, 0.1) is 11.7 Å². The molecule has 0 radical (unpaired) electrons. The van der Waals surface area contributed by atoms with Crippen LogP contribution in [0.25, 0.3) is 16.8 Å². The molecule has 1 N–H and O–H groups in total. The second kappa shape index (κ2) is 11.3. The van der Waals surface area contributed by atoms with Crippen LogP contribution in [0.5, 0.6) is 0 Å². The summed E-state index contributed by atoms with van der Waals surface area (Å²) < 4.78 is 16.5. The van der Waals surface area contributed by atoms with Crippen LogP contribution in [-0.2, 0) is 6.61 Å². The highest BCUT2D eigenvalue weighted by Gasteiger charge is 2.25. The van der Waals surface area contributed by atoms with Crippen molar-refractivity contribution in [1.82, 2.24) is 9.47 Å². The van der Waals surface area contributed by atoms with Gasteiger partial charge < -0.3 is 14.9 Å². The van der Waals surface area contributed by atoms with Crippen LogP contribution in [0.1, 0.15) is 28.8 Å². The van der Waals surface area contributed by atoms with E-state index < -0.39 is 0 Å². The quantitative estimate of drug-likeness (QED) is 0.357. The molecule has 0 unspecified atom stereocenters. The van der Waals surface area contributed by atoms with E-state index in [0.717, 1.165) is 29.5 Å². The van der Waals surface area contributed by atoms with Crippen molar-refractivity contribution < 1.29 is 14.3 Å². The molecule has 1 amide bonds. The average Bonchev–Trinajstić information content (AvgIpc) is 3.48. The molecule has 0 spiro atoms. The number of halogens is 1. The van der Waals surface area contributed by atoms with Crippen LogP contribution in [0.4, 0.5) is 10.1 Å².